The SMILES string of the molecule is Cc1nn2cnnc2c(NCC(c2ccco2)N2CCCC2)c1C. The summed E-state index contributed by atoms with van der Waals surface area (Å²) < 4.78 is 7.42. The van der Waals surface area contributed by atoms with E-state index in [-0.39, 0.29) is 6.04 Å². The van der Waals surface area contributed by atoms with E-state index in [4.69, 9.17) is 4.42 Å². The van der Waals surface area contributed by atoms with Gasteiger partial charge < -0.3 is 9.73 Å². The van der Waals surface area contributed by atoms with Gasteiger partial charge >= 0.3 is 0 Å². The molecule has 7 nitrogen and oxygen atoms in total. The van der Waals surface area contributed by atoms with E-state index in [9.17, 15) is 0 Å². The number of furan rings is 1. The van der Waals surface area contributed by atoms with E-state index in [2.05, 4.69) is 38.5 Å². The van der Waals surface area contributed by atoms with Gasteiger partial charge in [-0.25, -0.2) is 0 Å². The zero-order valence-electron chi connectivity index (χ0n) is 14.1. The van der Waals surface area contributed by atoms with E-state index in [0.717, 1.165) is 48.0 Å². The summed E-state index contributed by atoms with van der Waals surface area (Å²) in [4.78, 5) is 2.48. The lowest BCUT2D eigenvalue weighted by molar-refractivity contribution is 0.225. The van der Waals surface area contributed by atoms with Gasteiger partial charge in [-0.1, -0.05) is 0 Å². The van der Waals surface area contributed by atoms with Gasteiger partial charge in [-0.3, -0.25) is 4.90 Å². The molecule has 4 heterocycles. The zero-order chi connectivity index (χ0) is 16.5. The summed E-state index contributed by atoms with van der Waals surface area (Å²) >= 11 is 0. The van der Waals surface area contributed by atoms with Gasteiger partial charge in [0.2, 0.25) is 5.65 Å². The average molecular weight is 326 g/mol. The number of anilines is 1. The van der Waals surface area contributed by atoms with Crippen LogP contribution in [-0.4, -0.2) is 44.3 Å². The van der Waals surface area contributed by atoms with Crippen molar-refractivity contribution in [2.75, 3.05) is 25.0 Å². The van der Waals surface area contributed by atoms with Crippen molar-refractivity contribution in [3.63, 3.8) is 0 Å². The number of nitrogens with zero attached hydrogens (tertiary/aromatic N) is 5. The van der Waals surface area contributed by atoms with Crippen molar-refractivity contribution in [2.24, 2.45) is 0 Å². The summed E-state index contributed by atoms with van der Waals surface area (Å²) in [6.07, 6.45) is 5.88. The quantitative estimate of drug-likeness (QED) is 0.777. The lowest BCUT2D eigenvalue weighted by Gasteiger charge is -2.26. The van der Waals surface area contributed by atoms with Crippen LogP contribution in [0.5, 0.6) is 0 Å². The monoisotopic (exact) mass is 326 g/mol. The first-order chi connectivity index (χ1) is 11.7. The molecular formula is C17H22N6O. The Kier molecular flexibility index (Phi) is 3.93. The Balaban J connectivity index is 1.62. The first-order valence-corrected chi connectivity index (χ1v) is 8.42. The van der Waals surface area contributed by atoms with Gasteiger partial charge in [-0.2, -0.15) is 9.61 Å². The van der Waals surface area contributed by atoms with Gasteiger partial charge in [0.05, 0.1) is 23.7 Å². The van der Waals surface area contributed by atoms with Crippen molar-refractivity contribution in [3.05, 3.63) is 41.7 Å². The molecule has 3 aromatic rings. The van der Waals surface area contributed by atoms with Crippen molar-refractivity contribution < 1.29 is 4.42 Å². The highest BCUT2D eigenvalue weighted by molar-refractivity contribution is 5.71. The van der Waals surface area contributed by atoms with E-state index in [1.807, 2.05) is 13.0 Å². The van der Waals surface area contributed by atoms with E-state index < -0.39 is 0 Å². The second-order valence-electron chi connectivity index (χ2n) is 6.34. The van der Waals surface area contributed by atoms with E-state index >= 15 is 0 Å². The predicted octanol–water partition coefficient (Wildman–Crippen LogP) is 2.58. The van der Waals surface area contributed by atoms with Crippen molar-refractivity contribution >= 4 is 11.3 Å². The molecule has 24 heavy (non-hydrogen) atoms. The molecule has 1 unspecified atom stereocenters. The maximum absolute atomic E-state index is 5.70. The summed E-state index contributed by atoms with van der Waals surface area (Å²) in [5.74, 6) is 1.00. The fraction of sp³-hybridized carbons (Fsp3) is 0.471. The van der Waals surface area contributed by atoms with Gasteiger partial charge in [0.1, 0.15) is 12.1 Å². The third-order valence-electron chi connectivity index (χ3n) is 4.85. The Bertz CT molecular complexity index is 819. The average Bonchev–Trinajstić information content (AvgIpc) is 3.32. The maximum atomic E-state index is 5.70. The Hall–Kier alpha value is -2.41. The van der Waals surface area contributed by atoms with Crippen LogP contribution >= 0.6 is 0 Å². The summed E-state index contributed by atoms with van der Waals surface area (Å²) in [7, 11) is 0. The standard InChI is InChI=1S/C17H22N6O/c1-12-13(2)21-23-11-19-20-17(23)16(12)18-10-14(15-6-5-9-24-15)22-7-3-4-8-22/h5-6,9,11,14,18H,3-4,7-8,10H2,1-2H3. The topological polar surface area (TPSA) is 71.5 Å². The largest absolute Gasteiger partial charge is 0.468 e. The Labute approximate surface area is 140 Å². The molecule has 0 saturated carbocycles. The number of likely N-dealkylation sites (tertiary alicyclic amines) is 1. The normalized spacial score (nSPS) is 16.8. The molecule has 126 valence electrons. The molecule has 1 aliphatic rings. The van der Waals surface area contributed by atoms with Crippen LogP contribution < -0.4 is 5.32 Å². The number of aryl methyl sites for hydroxylation is 1. The van der Waals surface area contributed by atoms with Crippen LogP contribution in [0.2, 0.25) is 0 Å². The third kappa shape index (κ3) is 2.65. The summed E-state index contributed by atoms with van der Waals surface area (Å²) in [6.45, 7) is 7.06. The molecule has 0 aromatic carbocycles. The molecule has 0 radical (unpaired) electrons. The summed E-state index contributed by atoms with van der Waals surface area (Å²) in [5, 5.41) is 16.2. The molecule has 1 atom stereocenters. The molecule has 1 saturated heterocycles. The van der Waals surface area contributed by atoms with Crippen molar-refractivity contribution in [1.82, 2.24) is 24.7 Å². The third-order valence-corrected chi connectivity index (χ3v) is 4.85. The van der Waals surface area contributed by atoms with Gasteiger partial charge in [0.15, 0.2) is 0 Å². The number of hydrogen-bond donors (Lipinski definition) is 1. The van der Waals surface area contributed by atoms with Gasteiger partial charge in [0, 0.05) is 6.54 Å². The molecular weight excluding hydrogens is 304 g/mol. The Morgan fingerprint density at radius 2 is 2.12 bits per heavy atom. The number of nitrogens with one attached hydrogen (secondary N) is 1. The zero-order valence-corrected chi connectivity index (χ0v) is 14.1. The van der Waals surface area contributed by atoms with E-state index in [1.54, 1.807) is 17.1 Å². The summed E-state index contributed by atoms with van der Waals surface area (Å²) in [5.41, 5.74) is 3.84. The number of fused-ring (bicyclic) bond motifs is 1. The molecule has 0 bridgehead atoms. The fourth-order valence-electron chi connectivity index (χ4n) is 3.41. The number of hydrogen-bond acceptors (Lipinski definition) is 6. The molecule has 1 N–H and O–H groups in total. The molecule has 0 spiro atoms. The van der Waals surface area contributed by atoms with Crippen LogP contribution in [0.3, 0.4) is 0 Å². The first-order valence-electron chi connectivity index (χ1n) is 8.42. The molecule has 7 heteroatoms. The van der Waals surface area contributed by atoms with Gasteiger partial charge in [-0.05, 0) is 57.5 Å². The summed E-state index contributed by atoms with van der Waals surface area (Å²) in [6, 6.07) is 4.23. The van der Waals surface area contributed by atoms with Gasteiger partial charge in [-0.15, -0.1) is 10.2 Å². The number of rotatable bonds is 5. The fourth-order valence-corrected chi connectivity index (χ4v) is 3.41. The smallest absolute Gasteiger partial charge is 0.200 e. The minimum Gasteiger partial charge on any atom is -0.468 e. The molecule has 1 aliphatic heterocycles. The van der Waals surface area contributed by atoms with Crippen molar-refractivity contribution in [1.29, 1.82) is 0 Å². The Morgan fingerprint density at radius 1 is 1.29 bits per heavy atom. The first kappa shape index (κ1) is 15.1. The van der Waals surface area contributed by atoms with Crippen molar-refractivity contribution in [3.8, 4) is 0 Å². The number of aromatic nitrogens is 4. The lowest BCUT2D eigenvalue weighted by Crippen LogP contribution is -2.31. The minimum atomic E-state index is 0.221. The molecule has 3 aromatic heterocycles. The van der Waals surface area contributed by atoms with Crippen LogP contribution in [-0.2, 0) is 0 Å². The second-order valence-corrected chi connectivity index (χ2v) is 6.34. The molecule has 0 aliphatic carbocycles. The highest BCUT2D eigenvalue weighted by Crippen LogP contribution is 2.28. The van der Waals surface area contributed by atoms with E-state index in [0.29, 0.717) is 0 Å². The molecule has 4 rings (SSSR count). The predicted molar refractivity (Wildman–Crippen MR) is 91.0 cm³/mol. The van der Waals surface area contributed by atoms with Crippen LogP contribution in [0.1, 0.15) is 35.9 Å². The molecule has 0 amide bonds. The van der Waals surface area contributed by atoms with Crippen LogP contribution in [0.15, 0.2) is 29.1 Å². The minimum absolute atomic E-state index is 0.221. The van der Waals surface area contributed by atoms with E-state index in [1.165, 1.54) is 12.8 Å². The van der Waals surface area contributed by atoms with Crippen molar-refractivity contribution in [2.45, 2.75) is 32.7 Å². The van der Waals surface area contributed by atoms with Gasteiger partial charge in [0.25, 0.3) is 0 Å². The molecule has 1 fully saturated rings. The highest BCUT2D eigenvalue weighted by Gasteiger charge is 2.26. The van der Waals surface area contributed by atoms with Crippen LogP contribution in [0.25, 0.3) is 5.65 Å². The Morgan fingerprint density at radius 3 is 2.88 bits per heavy atom. The van der Waals surface area contributed by atoms with Crippen LogP contribution in [0.4, 0.5) is 5.69 Å². The maximum Gasteiger partial charge on any atom is 0.200 e. The second kappa shape index (κ2) is 6.24. The lowest BCUT2D eigenvalue weighted by atomic mass is 10.1. The highest BCUT2D eigenvalue weighted by atomic mass is 16.3. The van der Waals surface area contributed by atoms with Crippen LogP contribution in [0, 0.1) is 13.8 Å².